The van der Waals surface area contributed by atoms with Gasteiger partial charge in [0.2, 0.25) is 0 Å². The summed E-state index contributed by atoms with van der Waals surface area (Å²) in [6.07, 6.45) is 2.42. The van der Waals surface area contributed by atoms with Gasteiger partial charge in [-0.25, -0.2) is 9.97 Å². The fourth-order valence-electron chi connectivity index (χ4n) is 0.509. The molecular weight excluding hydrogens is 119 g/mol. The van der Waals surface area contributed by atoms with Crippen molar-refractivity contribution in [2.24, 2.45) is 0 Å². The summed E-state index contributed by atoms with van der Waals surface area (Å²) in [6, 6.07) is 1.64. The van der Waals surface area contributed by atoms with Crippen molar-refractivity contribution >= 4 is 0 Å². The normalized spacial score (nSPS) is 9.56. The second-order valence-corrected chi connectivity index (χ2v) is 1.54. The van der Waals surface area contributed by atoms with Gasteiger partial charge in [-0.3, -0.25) is 0 Å². The molecule has 1 heterocycles. The molecule has 0 N–H and O–H groups in total. The number of hydrogen-bond acceptors (Lipinski definition) is 2. The smallest absolute Gasteiger partial charge is 0.211 e. The number of hydrogen-bond donors (Lipinski definition) is 0. The van der Waals surface area contributed by atoms with E-state index in [-0.39, 0.29) is 0 Å². The summed E-state index contributed by atoms with van der Waals surface area (Å²) in [4.78, 5) is 6.75. The first-order valence-corrected chi connectivity index (χ1v) is 2.61. The Morgan fingerprint density at radius 1 is 1.67 bits per heavy atom. The Hall–Kier alpha value is -0.990. The van der Waals surface area contributed by atoms with E-state index in [1.807, 2.05) is 0 Å². The predicted octanol–water partition coefficient (Wildman–Crippen LogP) is 1.19. The lowest BCUT2D eigenvalue weighted by Gasteiger charge is -1.90. The molecule has 2 nitrogen and oxygen atoms in total. The number of nitrogens with zero attached hydrogens (tertiary/aromatic N) is 2. The lowest BCUT2D eigenvalue weighted by molar-refractivity contribution is 0.535. The first kappa shape index (κ1) is 6.13. The summed E-state index contributed by atoms with van der Waals surface area (Å²) in [7, 11) is 0. The molecule has 0 bridgehead atoms. The summed E-state index contributed by atoms with van der Waals surface area (Å²) >= 11 is 0. The quantitative estimate of drug-likeness (QED) is 0.527. The van der Waals surface area contributed by atoms with Crippen molar-refractivity contribution in [1.82, 2.24) is 9.97 Å². The highest BCUT2D eigenvalue weighted by atomic mass is 19.1. The molecule has 0 aliphatic heterocycles. The van der Waals surface area contributed by atoms with E-state index >= 15 is 0 Å². The van der Waals surface area contributed by atoms with Crippen LogP contribution in [0, 0.1) is 12.5 Å². The van der Waals surface area contributed by atoms with Crippen LogP contribution in [-0.2, 0) is 0 Å². The lowest BCUT2D eigenvalue weighted by Crippen LogP contribution is -1.90. The molecule has 0 aliphatic rings. The summed E-state index contributed by atoms with van der Waals surface area (Å²) < 4.78 is 12.1. The largest absolute Gasteiger partial charge is 0.308 e. The number of rotatable bonds is 1. The molecule has 9 heavy (non-hydrogen) atoms. The monoisotopic (exact) mass is 125 g/mol. The van der Waals surface area contributed by atoms with Gasteiger partial charge in [0.25, 0.3) is 0 Å². The highest BCUT2D eigenvalue weighted by Gasteiger charge is 1.92. The molecule has 1 radical (unpaired) electrons. The minimum atomic E-state index is -0.675. The Balaban J connectivity index is 2.94. The van der Waals surface area contributed by atoms with E-state index in [4.69, 9.17) is 0 Å². The van der Waals surface area contributed by atoms with Crippen molar-refractivity contribution in [3.05, 3.63) is 30.5 Å². The second kappa shape index (κ2) is 2.53. The molecule has 0 aromatic carbocycles. The lowest BCUT2D eigenvalue weighted by atomic mass is 10.3. The zero-order chi connectivity index (χ0) is 6.69. The van der Waals surface area contributed by atoms with E-state index in [9.17, 15) is 4.39 Å². The molecule has 1 aromatic rings. The summed E-state index contributed by atoms with van der Waals surface area (Å²) in [5.41, 5.74) is 0.613. The van der Waals surface area contributed by atoms with Crippen LogP contribution in [0.15, 0.2) is 12.3 Å². The predicted molar refractivity (Wildman–Crippen MR) is 31.1 cm³/mol. The first-order valence-electron chi connectivity index (χ1n) is 2.61. The molecule has 0 spiro atoms. The molecule has 0 aliphatic carbocycles. The summed E-state index contributed by atoms with van der Waals surface area (Å²) in [5, 5.41) is 0. The van der Waals surface area contributed by atoms with Crippen LogP contribution in [0.25, 0.3) is 0 Å². The zero-order valence-electron chi connectivity index (χ0n) is 5.00. The van der Waals surface area contributed by atoms with Crippen molar-refractivity contribution in [3.63, 3.8) is 0 Å². The van der Waals surface area contributed by atoms with Gasteiger partial charge < -0.3 is 0 Å². The van der Waals surface area contributed by atoms with Gasteiger partial charge in [-0.05, 0) is 6.07 Å². The fraction of sp³-hybridized carbons (Fsp3) is 0.167. The van der Waals surface area contributed by atoms with Crippen LogP contribution in [0.4, 0.5) is 4.39 Å². The van der Waals surface area contributed by atoms with Gasteiger partial charge >= 0.3 is 6.08 Å². The van der Waals surface area contributed by atoms with Crippen LogP contribution in [0.3, 0.4) is 0 Å². The molecule has 0 saturated carbocycles. The van der Waals surface area contributed by atoms with E-state index < -0.39 is 6.08 Å². The van der Waals surface area contributed by atoms with Crippen LogP contribution < -0.4 is 0 Å². The molecular formula is C6H6FN2. The van der Waals surface area contributed by atoms with E-state index in [0.717, 1.165) is 0 Å². The molecule has 0 fully saturated rings. The van der Waals surface area contributed by atoms with Crippen molar-refractivity contribution in [1.29, 1.82) is 0 Å². The summed E-state index contributed by atoms with van der Waals surface area (Å²) in [5.74, 6) is 0. The van der Waals surface area contributed by atoms with Gasteiger partial charge in [0.15, 0.2) is 0 Å². The average molecular weight is 125 g/mol. The third-order valence-electron chi connectivity index (χ3n) is 0.943. The standard InChI is InChI=1S/C6H6FN2/c1-2-5-3-4-8-6(7)9-5/h2-4H,1H3. The molecule has 0 amide bonds. The topological polar surface area (TPSA) is 25.8 Å². The highest BCUT2D eigenvalue weighted by molar-refractivity contribution is 5.07. The maximum Gasteiger partial charge on any atom is 0.308 e. The second-order valence-electron chi connectivity index (χ2n) is 1.54. The van der Waals surface area contributed by atoms with Gasteiger partial charge in [0.1, 0.15) is 0 Å². The molecule has 47 valence electrons. The van der Waals surface area contributed by atoms with Gasteiger partial charge in [-0.2, -0.15) is 4.39 Å². The van der Waals surface area contributed by atoms with Crippen molar-refractivity contribution < 1.29 is 4.39 Å². The van der Waals surface area contributed by atoms with Crippen LogP contribution >= 0.6 is 0 Å². The SMILES string of the molecule is C[CH]c1ccnc(F)n1. The fourth-order valence-corrected chi connectivity index (χ4v) is 0.509. The average Bonchev–Trinajstić information content (AvgIpc) is 1.88. The van der Waals surface area contributed by atoms with Gasteiger partial charge in [-0.1, -0.05) is 6.92 Å². The minimum Gasteiger partial charge on any atom is -0.211 e. The third-order valence-corrected chi connectivity index (χ3v) is 0.943. The van der Waals surface area contributed by atoms with E-state index in [1.54, 1.807) is 19.4 Å². The molecule has 0 unspecified atom stereocenters. The summed E-state index contributed by atoms with van der Waals surface area (Å²) in [6.45, 7) is 1.79. The zero-order valence-corrected chi connectivity index (χ0v) is 5.00. The van der Waals surface area contributed by atoms with Crippen molar-refractivity contribution in [2.75, 3.05) is 0 Å². The van der Waals surface area contributed by atoms with Crippen molar-refractivity contribution in [3.8, 4) is 0 Å². The molecule has 0 saturated heterocycles. The Kier molecular flexibility index (Phi) is 1.72. The van der Waals surface area contributed by atoms with Crippen LogP contribution in [0.2, 0.25) is 0 Å². The van der Waals surface area contributed by atoms with Crippen LogP contribution in [0.1, 0.15) is 12.6 Å². The number of halogens is 1. The first-order chi connectivity index (χ1) is 4.33. The van der Waals surface area contributed by atoms with E-state index in [2.05, 4.69) is 9.97 Å². The van der Waals surface area contributed by atoms with Gasteiger partial charge in [0.05, 0.1) is 5.69 Å². The number of aromatic nitrogens is 2. The molecule has 0 atom stereocenters. The van der Waals surface area contributed by atoms with Gasteiger partial charge in [0, 0.05) is 12.6 Å². The van der Waals surface area contributed by atoms with E-state index in [0.29, 0.717) is 5.69 Å². The van der Waals surface area contributed by atoms with Gasteiger partial charge in [-0.15, -0.1) is 0 Å². The maximum atomic E-state index is 12.1. The maximum absolute atomic E-state index is 12.1. The van der Waals surface area contributed by atoms with Crippen LogP contribution in [-0.4, -0.2) is 9.97 Å². The highest BCUT2D eigenvalue weighted by Crippen LogP contribution is 1.95. The third kappa shape index (κ3) is 1.45. The Labute approximate surface area is 52.8 Å². The van der Waals surface area contributed by atoms with Crippen molar-refractivity contribution in [2.45, 2.75) is 6.92 Å². The Bertz CT molecular complexity index is 200. The Morgan fingerprint density at radius 2 is 2.44 bits per heavy atom. The molecule has 1 rings (SSSR count). The molecule has 3 heteroatoms. The minimum absolute atomic E-state index is 0.613. The van der Waals surface area contributed by atoms with E-state index in [1.165, 1.54) is 6.20 Å². The molecule has 1 aromatic heterocycles. The van der Waals surface area contributed by atoms with Crippen LogP contribution in [0.5, 0.6) is 0 Å². The Morgan fingerprint density at radius 3 is 2.89 bits per heavy atom.